The quantitative estimate of drug-likeness (QED) is 0.283. The number of aromatic nitrogens is 1. The molecule has 2 unspecified atom stereocenters. The zero-order valence-corrected chi connectivity index (χ0v) is 25.6. The number of aryl methyl sites for hydroxylation is 2. The number of rotatable bonds is 7. The Morgan fingerprint density at radius 3 is 2.47 bits per heavy atom. The minimum atomic E-state index is -0.230. The standard InChI is InChI=1S/C32H39Br2NO3/c1-38-29(37)11-5-10-28(36)21-6-2-3-7-22(13-12-21)31-30-23(14-15-24-17-26(33)19-35-32(24)31)16-25(18-27(30)34)20-8-4-9-20/h16-22,31H,2-15H2,1H3/t21?,22?,31-/m1/s1. The molecule has 0 N–H and O–H groups in total. The highest BCUT2D eigenvalue weighted by molar-refractivity contribution is 9.10. The molecule has 204 valence electrons. The molecular weight excluding hydrogens is 606 g/mol. The Bertz CT molecular complexity index is 1180. The van der Waals surface area contributed by atoms with Crippen LogP contribution in [0.2, 0.25) is 0 Å². The Morgan fingerprint density at radius 2 is 1.71 bits per heavy atom. The lowest BCUT2D eigenvalue weighted by Gasteiger charge is -2.33. The summed E-state index contributed by atoms with van der Waals surface area (Å²) in [6.07, 6.45) is 15.7. The second-order valence-corrected chi connectivity index (χ2v) is 13.4. The van der Waals surface area contributed by atoms with E-state index in [9.17, 15) is 9.59 Å². The van der Waals surface area contributed by atoms with Crippen molar-refractivity contribution in [3.8, 4) is 0 Å². The summed E-state index contributed by atoms with van der Waals surface area (Å²) in [7, 11) is 1.41. The molecule has 0 amide bonds. The van der Waals surface area contributed by atoms with Crippen molar-refractivity contribution in [2.45, 2.75) is 102 Å². The highest BCUT2D eigenvalue weighted by Gasteiger charge is 2.35. The third-order valence-electron chi connectivity index (χ3n) is 9.27. The fraction of sp³-hybridized carbons (Fsp3) is 0.594. The summed E-state index contributed by atoms with van der Waals surface area (Å²) < 4.78 is 7.04. The first-order valence-corrected chi connectivity index (χ1v) is 16.1. The predicted molar refractivity (Wildman–Crippen MR) is 157 cm³/mol. The Morgan fingerprint density at radius 1 is 0.921 bits per heavy atom. The summed E-state index contributed by atoms with van der Waals surface area (Å²) in [5, 5.41) is 0. The van der Waals surface area contributed by atoms with E-state index in [2.05, 4.69) is 50.1 Å². The van der Waals surface area contributed by atoms with Crippen molar-refractivity contribution < 1.29 is 14.3 Å². The molecule has 2 aromatic rings. The molecule has 1 heterocycles. The lowest BCUT2D eigenvalue weighted by atomic mass is 9.72. The van der Waals surface area contributed by atoms with Crippen LogP contribution in [0.25, 0.3) is 0 Å². The number of fused-ring (bicyclic) bond motifs is 2. The van der Waals surface area contributed by atoms with E-state index < -0.39 is 0 Å². The number of hydrogen-bond donors (Lipinski definition) is 0. The van der Waals surface area contributed by atoms with Gasteiger partial charge in [0.25, 0.3) is 0 Å². The summed E-state index contributed by atoms with van der Waals surface area (Å²) in [4.78, 5) is 29.7. The van der Waals surface area contributed by atoms with E-state index >= 15 is 0 Å². The summed E-state index contributed by atoms with van der Waals surface area (Å²) in [5.74, 6) is 1.60. The van der Waals surface area contributed by atoms with Crippen molar-refractivity contribution in [2.75, 3.05) is 7.11 Å². The molecule has 5 rings (SSSR count). The van der Waals surface area contributed by atoms with Gasteiger partial charge < -0.3 is 4.74 Å². The number of carbonyl (C=O) groups is 2. The van der Waals surface area contributed by atoms with Gasteiger partial charge in [-0.05, 0) is 120 Å². The van der Waals surface area contributed by atoms with Crippen LogP contribution >= 0.6 is 31.9 Å². The summed E-state index contributed by atoms with van der Waals surface area (Å²) in [5.41, 5.74) is 7.01. The summed E-state index contributed by atoms with van der Waals surface area (Å²) >= 11 is 7.72. The molecule has 4 nitrogen and oxygen atoms in total. The second-order valence-electron chi connectivity index (χ2n) is 11.6. The molecule has 3 atom stereocenters. The van der Waals surface area contributed by atoms with Crippen molar-refractivity contribution in [3.63, 3.8) is 0 Å². The summed E-state index contributed by atoms with van der Waals surface area (Å²) in [6.45, 7) is 0. The van der Waals surface area contributed by atoms with Gasteiger partial charge in [-0.2, -0.15) is 0 Å². The molecule has 3 aliphatic rings. The molecular formula is C32H39Br2NO3. The molecule has 0 spiro atoms. The lowest BCUT2D eigenvalue weighted by molar-refractivity contribution is -0.140. The van der Waals surface area contributed by atoms with Gasteiger partial charge in [-0.15, -0.1) is 0 Å². The van der Waals surface area contributed by atoms with Crippen LogP contribution < -0.4 is 0 Å². The zero-order valence-electron chi connectivity index (χ0n) is 22.4. The van der Waals surface area contributed by atoms with E-state index in [0.717, 1.165) is 49.4 Å². The van der Waals surface area contributed by atoms with Gasteiger partial charge in [0.15, 0.2) is 0 Å². The van der Waals surface area contributed by atoms with Crippen LogP contribution in [0.15, 0.2) is 33.3 Å². The van der Waals surface area contributed by atoms with Crippen LogP contribution in [0.3, 0.4) is 0 Å². The second kappa shape index (κ2) is 12.8. The van der Waals surface area contributed by atoms with Crippen molar-refractivity contribution in [1.82, 2.24) is 4.98 Å². The van der Waals surface area contributed by atoms with E-state index in [4.69, 9.17) is 9.72 Å². The number of hydrogen-bond acceptors (Lipinski definition) is 4. The molecule has 6 heteroatoms. The van der Waals surface area contributed by atoms with Gasteiger partial charge in [-0.3, -0.25) is 14.6 Å². The maximum atomic E-state index is 13.1. The fourth-order valence-corrected chi connectivity index (χ4v) is 8.08. The first-order valence-electron chi connectivity index (χ1n) is 14.5. The van der Waals surface area contributed by atoms with Crippen LogP contribution in [-0.2, 0) is 27.2 Å². The average molecular weight is 645 g/mol. The molecule has 0 bridgehead atoms. The maximum absolute atomic E-state index is 13.1. The molecule has 1 aromatic heterocycles. The van der Waals surface area contributed by atoms with Crippen LogP contribution in [0.1, 0.15) is 117 Å². The highest BCUT2D eigenvalue weighted by Crippen LogP contribution is 2.48. The third-order valence-corrected chi connectivity index (χ3v) is 10.4. The molecule has 1 aromatic carbocycles. The van der Waals surface area contributed by atoms with Gasteiger partial charge in [-0.25, -0.2) is 0 Å². The van der Waals surface area contributed by atoms with Crippen molar-refractivity contribution in [2.24, 2.45) is 11.8 Å². The number of nitrogens with zero attached hydrogens (tertiary/aromatic N) is 1. The molecule has 2 saturated carbocycles. The van der Waals surface area contributed by atoms with Gasteiger partial charge in [0, 0.05) is 39.8 Å². The Kier molecular flexibility index (Phi) is 9.41. The van der Waals surface area contributed by atoms with E-state index in [1.807, 2.05) is 6.20 Å². The van der Waals surface area contributed by atoms with Gasteiger partial charge in [0.1, 0.15) is 5.78 Å². The van der Waals surface area contributed by atoms with E-state index in [1.54, 1.807) is 0 Å². The highest BCUT2D eigenvalue weighted by atomic mass is 79.9. The topological polar surface area (TPSA) is 56.3 Å². The van der Waals surface area contributed by atoms with Crippen molar-refractivity contribution in [1.29, 1.82) is 0 Å². The van der Waals surface area contributed by atoms with Gasteiger partial charge in [-0.1, -0.05) is 41.3 Å². The van der Waals surface area contributed by atoms with Crippen LogP contribution in [0, 0.1) is 11.8 Å². The monoisotopic (exact) mass is 643 g/mol. The van der Waals surface area contributed by atoms with Crippen LogP contribution in [-0.4, -0.2) is 23.8 Å². The molecule has 0 saturated heterocycles. The number of carbonyl (C=O) groups excluding carboxylic acids is 2. The first kappa shape index (κ1) is 28.0. The van der Waals surface area contributed by atoms with E-state index in [-0.39, 0.29) is 17.8 Å². The average Bonchev–Trinajstić information content (AvgIpc) is 3.00. The molecule has 0 radical (unpaired) electrons. The number of ether oxygens (including phenoxy) is 1. The Balaban J connectivity index is 1.42. The zero-order chi connectivity index (χ0) is 26.6. The SMILES string of the molecule is COC(=O)CCCC(=O)C1CCCCC([C@H]2c3ncc(Br)cc3CCc3cc(C4CCC4)cc(Br)c32)CC1. The Labute approximate surface area is 244 Å². The van der Waals surface area contributed by atoms with Crippen LogP contribution in [0.5, 0.6) is 0 Å². The minimum absolute atomic E-state index is 0.0995. The van der Waals surface area contributed by atoms with Gasteiger partial charge in [0.05, 0.1) is 12.8 Å². The number of benzene rings is 1. The fourth-order valence-electron chi connectivity index (χ4n) is 6.94. The third kappa shape index (κ3) is 6.27. The van der Waals surface area contributed by atoms with Gasteiger partial charge >= 0.3 is 5.97 Å². The van der Waals surface area contributed by atoms with E-state index in [1.165, 1.54) is 65.2 Å². The van der Waals surface area contributed by atoms with Crippen LogP contribution in [0.4, 0.5) is 0 Å². The number of pyridine rings is 1. The van der Waals surface area contributed by atoms with E-state index in [0.29, 0.717) is 36.9 Å². The molecule has 38 heavy (non-hydrogen) atoms. The molecule has 3 aliphatic carbocycles. The smallest absolute Gasteiger partial charge is 0.305 e. The van der Waals surface area contributed by atoms with Crippen molar-refractivity contribution in [3.05, 3.63) is 61.3 Å². The number of methoxy groups -OCH3 is 1. The number of Topliss-reactive ketones (excluding diaryl/α,β-unsaturated/α-hetero) is 1. The number of ketones is 1. The molecule has 2 fully saturated rings. The number of esters is 1. The summed E-state index contributed by atoms with van der Waals surface area (Å²) in [6, 6.07) is 7.18. The largest absolute Gasteiger partial charge is 0.469 e. The maximum Gasteiger partial charge on any atom is 0.305 e. The normalized spacial score (nSPS) is 23.7. The first-order chi connectivity index (χ1) is 18.4. The van der Waals surface area contributed by atoms with Gasteiger partial charge in [0.2, 0.25) is 0 Å². The van der Waals surface area contributed by atoms with Crippen molar-refractivity contribution >= 4 is 43.6 Å². The Hall–Kier alpha value is -1.53. The predicted octanol–water partition coefficient (Wildman–Crippen LogP) is 8.60. The number of halogens is 2. The molecule has 0 aliphatic heterocycles. The minimum Gasteiger partial charge on any atom is -0.469 e. The lowest BCUT2D eigenvalue weighted by Crippen LogP contribution is -2.23.